The van der Waals surface area contributed by atoms with Crippen molar-refractivity contribution in [2.45, 2.75) is 11.8 Å². The Balaban J connectivity index is 1.91. The zero-order valence-corrected chi connectivity index (χ0v) is 13.1. The molecule has 0 spiro atoms. The lowest BCUT2D eigenvalue weighted by atomic mass is 10.2. The van der Waals surface area contributed by atoms with E-state index in [0.29, 0.717) is 17.0 Å². The maximum atomic E-state index is 12.3. The summed E-state index contributed by atoms with van der Waals surface area (Å²) < 4.78 is 24.5. The van der Waals surface area contributed by atoms with Crippen molar-refractivity contribution in [3.63, 3.8) is 0 Å². The average molecular weight is 307 g/mol. The Bertz CT molecular complexity index is 597. The largest absolute Gasteiger partial charge is 0.301 e. The van der Waals surface area contributed by atoms with Gasteiger partial charge in [0.1, 0.15) is 0 Å². The van der Waals surface area contributed by atoms with Gasteiger partial charge >= 0.3 is 0 Å². The molecule has 0 saturated carbocycles. The van der Waals surface area contributed by atoms with Crippen molar-refractivity contribution in [3.05, 3.63) is 29.8 Å². The normalized spacial score (nSPS) is 17.5. The van der Waals surface area contributed by atoms with Gasteiger partial charge < -0.3 is 4.90 Å². The SMILES string of the molecule is CCN1CCN(CCS(=O)(=O)c2ccc(C#N)cc2)CC1. The molecule has 6 heteroatoms. The lowest BCUT2D eigenvalue weighted by Gasteiger charge is -2.33. The van der Waals surface area contributed by atoms with E-state index in [2.05, 4.69) is 16.7 Å². The van der Waals surface area contributed by atoms with Crippen LogP contribution in [0.15, 0.2) is 29.2 Å². The van der Waals surface area contributed by atoms with Crippen LogP contribution in [0.25, 0.3) is 0 Å². The van der Waals surface area contributed by atoms with Crippen LogP contribution in [0.1, 0.15) is 12.5 Å². The van der Waals surface area contributed by atoms with Crippen LogP contribution < -0.4 is 0 Å². The highest BCUT2D eigenvalue weighted by atomic mass is 32.2. The second-order valence-corrected chi connectivity index (χ2v) is 7.34. The molecule has 1 aromatic rings. The highest BCUT2D eigenvalue weighted by molar-refractivity contribution is 7.91. The highest BCUT2D eigenvalue weighted by Gasteiger charge is 2.19. The van der Waals surface area contributed by atoms with Gasteiger partial charge in [-0.3, -0.25) is 4.90 Å². The summed E-state index contributed by atoms with van der Waals surface area (Å²) in [6, 6.07) is 8.12. The summed E-state index contributed by atoms with van der Waals surface area (Å²) in [7, 11) is -3.27. The summed E-state index contributed by atoms with van der Waals surface area (Å²) in [4.78, 5) is 4.87. The third kappa shape index (κ3) is 4.27. The zero-order valence-electron chi connectivity index (χ0n) is 12.3. The van der Waals surface area contributed by atoms with E-state index in [4.69, 9.17) is 5.26 Å². The van der Waals surface area contributed by atoms with E-state index in [1.807, 2.05) is 6.07 Å². The molecule has 1 saturated heterocycles. The number of hydrogen-bond donors (Lipinski definition) is 0. The molecule has 0 aromatic heterocycles. The van der Waals surface area contributed by atoms with Crippen LogP contribution in [0.3, 0.4) is 0 Å². The van der Waals surface area contributed by atoms with Crippen molar-refractivity contribution in [1.29, 1.82) is 5.26 Å². The van der Waals surface area contributed by atoms with Crippen molar-refractivity contribution in [1.82, 2.24) is 9.80 Å². The number of sulfone groups is 1. The van der Waals surface area contributed by atoms with Gasteiger partial charge in [-0.25, -0.2) is 8.42 Å². The maximum Gasteiger partial charge on any atom is 0.179 e. The fourth-order valence-corrected chi connectivity index (χ4v) is 3.72. The number of rotatable bonds is 5. The van der Waals surface area contributed by atoms with Gasteiger partial charge in [-0.1, -0.05) is 6.92 Å². The van der Waals surface area contributed by atoms with Gasteiger partial charge in [0.2, 0.25) is 0 Å². The Morgan fingerprint density at radius 3 is 2.19 bits per heavy atom. The van der Waals surface area contributed by atoms with Crippen molar-refractivity contribution < 1.29 is 8.42 Å². The third-order valence-electron chi connectivity index (χ3n) is 3.93. The molecule has 0 amide bonds. The van der Waals surface area contributed by atoms with E-state index >= 15 is 0 Å². The molecular weight excluding hydrogens is 286 g/mol. The minimum atomic E-state index is -3.27. The minimum absolute atomic E-state index is 0.130. The molecule has 1 heterocycles. The molecule has 0 unspecified atom stereocenters. The summed E-state index contributed by atoms with van der Waals surface area (Å²) in [5.41, 5.74) is 0.477. The predicted octanol–water partition coefficient (Wildman–Crippen LogP) is 0.969. The Labute approximate surface area is 126 Å². The van der Waals surface area contributed by atoms with E-state index in [-0.39, 0.29) is 5.75 Å². The fraction of sp³-hybridized carbons (Fsp3) is 0.533. The molecule has 114 valence electrons. The first-order chi connectivity index (χ1) is 10.0. The van der Waals surface area contributed by atoms with E-state index in [1.54, 1.807) is 12.1 Å². The summed E-state index contributed by atoms with van der Waals surface area (Å²) in [5, 5.41) is 8.74. The standard InChI is InChI=1S/C15H21N3O2S/c1-2-17-7-9-18(10-8-17)11-12-21(19,20)15-5-3-14(13-16)4-6-15/h3-6H,2,7-12H2,1H3. The number of piperazine rings is 1. The molecule has 21 heavy (non-hydrogen) atoms. The Morgan fingerprint density at radius 1 is 1.10 bits per heavy atom. The second kappa shape index (κ2) is 7.03. The number of nitrogens with zero attached hydrogens (tertiary/aromatic N) is 3. The molecule has 1 aromatic carbocycles. The Hall–Kier alpha value is -1.42. The molecule has 0 radical (unpaired) electrons. The highest BCUT2D eigenvalue weighted by Crippen LogP contribution is 2.13. The van der Waals surface area contributed by atoms with Crippen LogP contribution in [0.2, 0.25) is 0 Å². The van der Waals surface area contributed by atoms with Crippen LogP contribution >= 0.6 is 0 Å². The first-order valence-corrected chi connectivity index (χ1v) is 8.88. The average Bonchev–Trinajstić information content (AvgIpc) is 2.53. The quantitative estimate of drug-likeness (QED) is 0.811. The summed E-state index contributed by atoms with van der Waals surface area (Å²) in [6.45, 7) is 7.64. The van der Waals surface area contributed by atoms with Gasteiger partial charge in [0.05, 0.1) is 22.3 Å². The number of likely N-dealkylation sites (N-methyl/N-ethyl adjacent to an activating group) is 1. The minimum Gasteiger partial charge on any atom is -0.301 e. The van der Waals surface area contributed by atoms with Gasteiger partial charge in [0.15, 0.2) is 9.84 Å². The van der Waals surface area contributed by atoms with Gasteiger partial charge in [0.25, 0.3) is 0 Å². The lowest BCUT2D eigenvalue weighted by molar-refractivity contribution is 0.143. The van der Waals surface area contributed by atoms with Gasteiger partial charge in [0, 0.05) is 32.7 Å². The zero-order chi connectivity index (χ0) is 15.3. The molecule has 1 fully saturated rings. The molecule has 0 bridgehead atoms. The smallest absolute Gasteiger partial charge is 0.179 e. The second-order valence-electron chi connectivity index (χ2n) is 5.23. The maximum absolute atomic E-state index is 12.3. The van der Waals surface area contributed by atoms with Crippen LogP contribution in [0, 0.1) is 11.3 Å². The molecule has 1 aliphatic heterocycles. The van der Waals surface area contributed by atoms with Gasteiger partial charge in [-0.15, -0.1) is 0 Å². The van der Waals surface area contributed by atoms with Crippen molar-refractivity contribution in [3.8, 4) is 6.07 Å². The van der Waals surface area contributed by atoms with Gasteiger partial charge in [-0.2, -0.15) is 5.26 Å². The number of nitriles is 1. The van der Waals surface area contributed by atoms with Gasteiger partial charge in [-0.05, 0) is 30.8 Å². The van der Waals surface area contributed by atoms with Crippen LogP contribution in [0.4, 0.5) is 0 Å². The van der Waals surface area contributed by atoms with Crippen molar-refractivity contribution in [2.24, 2.45) is 0 Å². The summed E-state index contributed by atoms with van der Waals surface area (Å²) >= 11 is 0. The van der Waals surface area contributed by atoms with Crippen LogP contribution in [-0.2, 0) is 9.84 Å². The first kappa shape index (κ1) is 16.0. The predicted molar refractivity (Wildman–Crippen MR) is 81.8 cm³/mol. The first-order valence-electron chi connectivity index (χ1n) is 7.23. The topological polar surface area (TPSA) is 64.4 Å². The van der Waals surface area contributed by atoms with Crippen molar-refractivity contribution in [2.75, 3.05) is 45.0 Å². The molecule has 0 atom stereocenters. The molecular formula is C15H21N3O2S. The Morgan fingerprint density at radius 2 is 1.67 bits per heavy atom. The summed E-state index contributed by atoms with van der Waals surface area (Å²) in [5.74, 6) is 0.130. The lowest BCUT2D eigenvalue weighted by Crippen LogP contribution is -2.47. The van der Waals surface area contributed by atoms with Crippen LogP contribution in [0.5, 0.6) is 0 Å². The van der Waals surface area contributed by atoms with Crippen LogP contribution in [-0.4, -0.2) is 63.2 Å². The molecule has 1 aliphatic rings. The Kier molecular flexibility index (Phi) is 5.34. The van der Waals surface area contributed by atoms with E-state index in [9.17, 15) is 8.42 Å². The van der Waals surface area contributed by atoms with Crippen molar-refractivity contribution >= 4 is 9.84 Å². The number of benzene rings is 1. The summed E-state index contributed by atoms with van der Waals surface area (Å²) in [6.07, 6.45) is 0. The van der Waals surface area contributed by atoms with E-state index in [1.165, 1.54) is 12.1 Å². The monoisotopic (exact) mass is 307 g/mol. The molecule has 0 N–H and O–H groups in total. The molecule has 0 aliphatic carbocycles. The number of hydrogen-bond acceptors (Lipinski definition) is 5. The van der Waals surface area contributed by atoms with E-state index < -0.39 is 9.84 Å². The molecule has 2 rings (SSSR count). The third-order valence-corrected chi connectivity index (χ3v) is 5.64. The fourth-order valence-electron chi connectivity index (χ4n) is 2.43. The molecule has 5 nitrogen and oxygen atoms in total. The van der Waals surface area contributed by atoms with E-state index in [0.717, 1.165) is 32.7 Å².